The second-order valence-corrected chi connectivity index (χ2v) is 4.20. The summed E-state index contributed by atoms with van der Waals surface area (Å²) in [4.78, 5) is 14.5. The van der Waals surface area contributed by atoms with Crippen molar-refractivity contribution < 1.29 is 4.92 Å². The van der Waals surface area contributed by atoms with E-state index in [1.165, 1.54) is 12.1 Å². The van der Waals surface area contributed by atoms with Crippen molar-refractivity contribution in [2.45, 2.75) is 0 Å². The summed E-state index contributed by atoms with van der Waals surface area (Å²) in [5.41, 5.74) is 6.41. The van der Waals surface area contributed by atoms with Gasteiger partial charge >= 0.3 is 0 Å². The van der Waals surface area contributed by atoms with Crippen LogP contribution in [-0.4, -0.2) is 9.91 Å². The maximum Gasteiger partial charge on any atom is 0.295 e. The minimum absolute atomic E-state index is 0.0638. The molecule has 1 heterocycles. The summed E-state index contributed by atoms with van der Waals surface area (Å²) < 4.78 is 0.737. The second-order valence-electron chi connectivity index (χ2n) is 3.34. The largest absolute Gasteiger partial charge is 0.384 e. The van der Waals surface area contributed by atoms with E-state index in [9.17, 15) is 10.1 Å². The first-order valence-electron chi connectivity index (χ1n) is 4.75. The van der Waals surface area contributed by atoms with Gasteiger partial charge in [-0.25, -0.2) is 4.98 Å². The van der Waals surface area contributed by atoms with E-state index in [0.29, 0.717) is 5.56 Å². The molecule has 0 radical (unpaired) electrons. The van der Waals surface area contributed by atoms with Gasteiger partial charge in [-0.2, -0.15) is 0 Å². The first-order valence-corrected chi connectivity index (χ1v) is 5.54. The number of pyridine rings is 1. The molecule has 0 aliphatic heterocycles. The molecule has 0 amide bonds. The van der Waals surface area contributed by atoms with E-state index in [4.69, 9.17) is 5.73 Å². The molecular formula is C11H8BrN3O2. The Morgan fingerprint density at radius 1 is 1.24 bits per heavy atom. The van der Waals surface area contributed by atoms with Crippen molar-refractivity contribution in [3.8, 4) is 11.3 Å². The molecule has 0 aliphatic carbocycles. The van der Waals surface area contributed by atoms with Crippen molar-refractivity contribution in [2.24, 2.45) is 0 Å². The molecule has 2 rings (SSSR count). The van der Waals surface area contributed by atoms with Crippen molar-refractivity contribution >= 4 is 27.4 Å². The number of rotatable bonds is 2. The van der Waals surface area contributed by atoms with E-state index >= 15 is 0 Å². The molecule has 86 valence electrons. The van der Waals surface area contributed by atoms with Crippen LogP contribution in [0.15, 0.2) is 40.9 Å². The fourth-order valence-electron chi connectivity index (χ4n) is 1.47. The monoisotopic (exact) mass is 293 g/mol. The number of aromatic nitrogens is 1. The fraction of sp³-hybridized carbons (Fsp3) is 0. The predicted molar refractivity (Wildman–Crippen MR) is 68.4 cm³/mol. The summed E-state index contributed by atoms with van der Waals surface area (Å²) in [6, 6.07) is 9.93. The number of benzene rings is 1. The van der Waals surface area contributed by atoms with E-state index < -0.39 is 4.92 Å². The number of halogens is 1. The smallest absolute Gasteiger partial charge is 0.295 e. The highest BCUT2D eigenvalue weighted by atomic mass is 79.9. The highest BCUT2D eigenvalue weighted by Gasteiger charge is 2.18. The van der Waals surface area contributed by atoms with E-state index in [0.717, 1.165) is 4.47 Å². The summed E-state index contributed by atoms with van der Waals surface area (Å²) in [7, 11) is 0. The van der Waals surface area contributed by atoms with Crippen LogP contribution in [0.3, 0.4) is 0 Å². The maximum atomic E-state index is 10.9. The number of nitrogens with zero attached hydrogens (tertiary/aromatic N) is 2. The molecule has 5 nitrogen and oxygen atoms in total. The van der Waals surface area contributed by atoms with Crippen LogP contribution in [0, 0.1) is 10.1 Å². The van der Waals surface area contributed by atoms with Crippen LogP contribution in [0.1, 0.15) is 0 Å². The summed E-state index contributed by atoms with van der Waals surface area (Å²) in [6.07, 6.45) is 0. The maximum absolute atomic E-state index is 10.9. The van der Waals surface area contributed by atoms with Crippen LogP contribution < -0.4 is 5.73 Å². The quantitative estimate of drug-likeness (QED) is 0.681. The average Bonchev–Trinajstić information content (AvgIpc) is 2.29. The Bertz CT molecular complexity index is 587. The SMILES string of the molecule is Nc1ccc([N+](=O)[O-])c(-c2ccccc2Br)n1. The summed E-state index contributed by atoms with van der Waals surface area (Å²) in [5.74, 6) is 0.251. The van der Waals surface area contributed by atoms with Gasteiger partial charge in [0.15, 0.2) is 5.69 Å². The first-order chi connectivity index (χ1) is 8.09. The molecule has 0 spiro atoms. The van der Waals surface area contributed by atoms with Gasteiger partial charge < -0.3 is 5.73 Å². The van der Waals surface area contributed by atoms with Crippen LogP contribution in [-0.2, 0) is 0 Å². The lowest BCUT2D eigenvalue weighted by molar-refractivity contribution is -0.384. The Kier molecular flexibility index (Phi) is 3.06. The standard InChI is InChI=1S/C11H8BrN3O2/c12-8-4-2-1-3-7(8)11-9(15(16)17)5-6-10(13)14-11/h1-6H,(H2,13,14). The molecule has 0 unspecified atom stereocenters. The molecular weight excluding hydrogens is 286 g/mol. The molecule has 0 aliphatic rings. The van der Waals surface area contributed by atoms with Crippen molar-refractivity contribution in [3.63, 3.8) is 0 Å². The zero-order valence-electron chi connectivity index (χ0n) is 8.63. The van der Waals surface area contributed by atoms with Gasteiger partial charge in [-0.1, -0.05) is 34.1 Å². The molecule has 2 N–H and O–H groups in total. The summed E-state index contributed by atoms with van der Waals surface area (Å²) >= 11 is 3.34. The Balaban J connectivity index is 2.70. The van der Waals surface area contributed by atoms with Gasteiger partial charge in [-0.3, -0.25) is 10.1 Å². The molecule has 6 heteroatoms. The zero-order valence-corrected chi connectivity index (χ0v) is 10.2. The van der Waals surface area contributed by atoms with Gasteiger partial charge in [-0.15, -0.1) is 0 Å². The predicted octanol–water partition coefficient (Wildman–Crippen LogP) is 3.00. The van der Waals surface area contributed by atoms with Crippen molar-refractivity contribution in [1.82, 2.24) is 4.98 Å². The molecule has 0 atom stereocenters. The third-order valence-electron chi connectivity index (χ3n) is 2.22. The second kappa shape index (κ2) is 4.50. The fourth-order valence-corrected chi connectivity index (χ4v) is 1.94. The lowest BCUT2D eigenvalue weighted by atomic mass is 10.1. The molecule has 0 bridgehead atoms. The molecule has 0 fully saturated rings. The van der Waals surface area contributed by atoms with E-state index in [1.807, 2.05) is 6.07 Å². The van der Waals surface area contributed by atoms with E-state index in [2.05, 4.69) is 20.9 Å². The lowest BCUT2D eigenvalue weighted by Gasteiger charge is -2.05. The normalized spacial score (nSPS) is 10.2. The van der Waals surface area contributed by atoms with Gasteiger partial charge in [0, 0.05) is 16.1 Å². The van der Waals surface area contributed by atoms with Gasteiger partial charge in [-0.05, 0) is 12.1 Å². The number of nitrogen functional groups attached to an aromatic ring is 1. The van der Waals surface area contributed by atoms with Gasteiger partial charge in [0.2, 0.25) is 0 Å². The van der Waals surface area contributed by atoms with Crippen LogP contribution in [0.2, 0.25) is 0 Å². The van der Waals surface area contributed by atoms with Crippen molar-refractivity contribution in [3.05, 3.63) is 51.0 Å². The third kappa shape index (κ3) is 2.26. The van der Waals surface area contributed by atoms with Gasteiger partial charge in [0.05, 0.1) is 4.92 Å². The number of nitrogens with two attached hydrogens (primary N) is 1. The number of nitro groups is 1. The molecule has 0 saturated carbocycles. The van der Waals surface area contributed by atoms with Crippen LogP contribution in [0.25, 0.3) is 11.3 Å². The first kappa shape index (κ1) is 11.5. The van der Waals surface area contributed by atoms with Gasteiger partial charge in [0.25, 0.3) is 5.69 Å². The highest BCUT2D eigenvalue weighted by molar-refractivity contribution is 9.10. The highest BCUT2D eigenvalue weighted by Crippen LogP contribution is 2.33. The average molecular weight is 294 g/mol. The summed E-state index contributed by atoms with van der Waals surface area (Å²) in [5, 5.41) is 10.9. The number of hydrogen-bond acceptors (Lipinski definition) is 4. The molecule has 17 heavy (non-hydrogen) atoms. The molecule has 1 aromatic heterocycles. The topological polar surface area (TPSA) is 82.0 Å². The Labute approximate surface area is 106 Å². The lowest BCUT2D eigenvalue weighted by Crippen LogP contribution is -1.98. The zero-order chi connectivity index (χ0) is 12.4. The third-order valence-corrected chi connectivity index (χ3v) is 2.91. The Morgan fingerprint density at radius 3 is 2.59 bits per heavy atom. The van der Waals surface area contributed by atoms with Crippen molar-refractivity contribution in [1.29, 1.82) is 0 Å². The minimum atomic E-state index is -0.471. The van der Waals surface area contributed by atoms with Crippen molar-refractivity contribution in [2.75, 3.05) is 5.73 Å². The van der Waals surface area contributed by atoms with Crippen LogP contribution in [0.4, 0.5) is 11.5 Å². The Hall–Kier alpha value is -1.95. The number of anilines is 1. The molecule has 1 aromatic carbocycles. The minimum Gasteiger partial charge on any atom is -0.384 e. The summed E-state index contributed by atoms with van der Waals surface area (Å²) in [6.45, 7) is 0. The van der Waals surface area contributed by atoms with Crippen LogP contribution in [0.5, 0.6) is 0 Å². The van der Waals surface area contributed by atoms with Crippen LogP contribution >= 0.6 is 15.9 Å². The number of hydrogen-bond donors (Lipinski definition) is 1. The molecule has 2 aromatic rings. The van der Waals surface area contributed by atoms with E-state index in [1.54, 1.807) is 18.2 Å². The van der Waals surface area contributed by atoms with E-state index in [-0.39, 0.29) is 17.2 Å². The molecule has 0 saturated heterocycles. The van der Waals surface area contributed by atoms with Gasteiger partial charge in [0.1, 0.15) is 5.82 Å². The Morgan fingerprint density at radius 2 is 1.94 bits per heavy atom.